The molecule has 0 aromatic heterocycles. The standard InChI is InChI=1S/C16H29N/c1-3-5-6-7-13(17-4-2)16-14-11-8-9-12(10-11)15(14)16/h11-17H,3-10H2,1-2H3. The van der Waals surface area contributed by atoms with Crippen LogP contribution in [0, 0.1) is 29.6 Å². The van der Waals surface area contributed by atoms with Crippen LogP contribution in [0.5, 0.6) is 0 Å². The van der Waals surface area contributed by atoms with Crippen LogP contribution in [0.1, 0.15) is 58.8 Å². The molecule has 0 aliphatic heterocycles. The van der Waals surface area contributed by atoms with Gasteiger partial charge in [0.1, 0.15) is 0 Å². The summed E-state index contributed by atoms with van der Waals surface area (Å²) in [6, 6.07) is 0.866. The average molecular weight is 235 g/mol. The van der Waals surface area contributed by atoms with E-state index in [1.54, 1.807) is 19.3 Å². The van der Waals surface area contributed by atoms with Gasteiger partial charge in [0, 0.05) is 6.04 Å². The highest BCUT2D eigenvalue weighted by atomic mass is 14.9. The minimum atomic E-state index is 0.866. The van der Waals surface area contributed by atoms with Gasteiger partial charge in [-0.25, -0.2) is 0 Å². The lowest BCUT2D eigenvalue weighted by Crippen LogP contribution is -2.33. The third kappa shape index (κ3) is 2.05. The molecule has 0 heterocycles. The predicted octanol–water partition coefficient (Wildman–Crippen LogP) is 3.84. The summed E-state index contributed by atoms with van der Waals surface area (Å²) < 4.78 is 0. The van der Waals surface area contributed by atoms with Crippen LogP contribution in [-0.4, -0.2) is 12.6 Å². The van der Waals surface area contributed by atoms with Crippen LogP contribution in [0.3, 0.4) is 0 Å². The third-order valence-electron chi connectivity index (χ3n) is 5.84. The molecule has 0 spiro atoms. The first-order valence-electron chi connectivity index (χ1n) is 8.10. The van der Waals surface area contributed by atoms with Gasteiger partial charge < -0.3 is 5.32 Å². The molecule has 3 saturated carbocycles. The van der Waals surface area contributed by atoms with Crippen molar-refractivity contribution in [1.82, 2.24) is 5.32 Å². The Labute approximate surface area is 107 Å². The normalized spacial score (nSPS) is 43.8. The van der Waals surface area contributed by atoms with Gasteiger partial charge in [0.05, 0.1) is 0 Å². The van der Waals surface area contributed by atoms with Crippen LogP contribution in [0.4, 0.5) is 0 Å². The monoisotopic (exact) mass is 235 g/mol. The van der Waals surface area contributed by atoms with Gasteiger partial charge in [0.25, 0.3) is 0 Å². The van der Waals surface area contributed by atoms with Gasteiger partial charge in [-0.3, -0.25) is 0 Å². The van der Waals surface area contributed by atoms with E-state index in [1.165, 1.54) is 32.2 Å². The van der Waals surface area contributed by atoms with Crippen LogP contribution in [0.2, 0.25) is 0 Å². The molecule has 0 saturated heterocycles. The summed E-state index contributed by atoms with van der Waals surface area (Å²) in [5.74, 6) is 5.67. The fourth-order valence-corrected chi connectivity index (χ4v) is 5.24. The van der Waals surface area contributed by atoms with E-state index in [9.17, 15) is 0 Å². The van der Waals surface area contributed by atoms with E-state index >= 15 is 0 Å². The minimum Gasteiger partial charge on any atom is -0.314 e. The summed E-state index contributed by atoms with van der Waals surface area (Å²) in [6.45, 7) is 5.76. The first kappa shape index (κ1) is 12.0. The zero-order valence-electron chi connectivity index (χ0n) is 11.6. The van der Waals surface area contributed by atoms with Gasteiger partial charge in [0.2, 0.25) is 0 Å². The van der Waals surface area contributed by atoms with Crippen LogP contribution in [-0.2, 0) is 0 Å². The van der Waals surface area contributed by atoms with E-state index in [2.05, 4.69) is 19.2 Å². The molecule has 3 aliphatic carbocycles. The van der Waals surface area contributed by atoms with Crippen molar-refractivity contribution in [2.45, 2.75) is 64.8 Å². The topological polar surface area (TPSA) is 12.0 Å². The minimum absolute atomic E-state index is 0.866. The maximum atomic E-state index is 3.80. The molecule has 1 N–H and O–H groups in total. The van der Waals surface area contributed by atoms with Crippen molar-refractivity contribution in [1.29, 1.82) is 0 Å². The van der Waals surface area contributed by atoms with Crippen LogP contribution < -0.4 is 5.32 Å². The molecule has 5 atom stereocenters. The maximum absolute atomic E-state index is 3.80. The fraction of sp³-hybridized carbons (Fsp3) is 1.00. The molecule has 5 unspecified atom stereocenters. The van der Waals surface area contributed by atoms with Crippen molar-refractivity contribution < 1.29 is 0 Å². The summed E-state index contributed by atoms with van der Waals surface area (Å²) in [4.78, 5) is 0. The number of fused-ring (bicyclic) bond motifs is 5. The average Bonchev–Trinajstić information content (AvgIpc) is 2.76. The molecule has 1 nitrogen and oxygen atoms in total. The molecular weight excluding hydrogens is 206 g/mol. The summed E-state index contributed by atoms with van der Waals surface area (Å²) in [7, 11) is 0. The van der Waals surface area contributed by atoms with Gasteiger partial charge in [-0.2, -0.15) is 0 Å². The molecule has 0 aromatic carbocycles. The van der Waals surface area contributed by atoms with Gasteiger partial charge in [-0.05, 0) is 61.8 Å². The molecule has 98 valence electrons. The Hall–Kier alpha value is -0.0400. The molecule has 0 aromatic rings. The first-order valence-corrected chi connectivity index (χ1v) is 8.10. The van der Waals surface area contributed by atoms with Crippen LogP contribution >= 0.6 is 0 Å². The van der Waals surface area contributed by atoms with Crippen molar-refractivity contribution in [2.75, 3.05) is 6.54 Å². The van der Waals surface area contributed by atoms with E-state index in [0.29, 0.717) is 0 Å². The van der Waals surface area contributed by atoms with Crippen molar-refractivity contribution in [3.8, 4) is 0 Å². The molecule has 2 bridgehead atoms. The number of rotatable bonds is 7. The summed E-state index contributed by atoms with van der Waals surface area (Å²) in [5.41, 5.74) is 0. The quantitative estimate of drug-likeness (QED) is 0.661. The molecule has 0 amide bonds. The van der Waals surface area contributed by atoms with Crippen molar-refractivity contribution >= 4 is 0 Å². The Morgan fingerprint density at radius 3 is 2.35 bits per heavy atom. The Balaban J connectivity index is 1.54. The van der Waals surface area contributed by atoms with Crippen molar-refractivity contribution in [3.63, 3.8) is 0 Å². The Kier molecular flexibility index (Phi) is 3.47. The largest absolute Gasteiger partial charge is 0.314 e. The number of hydrogen-bond donors (Lipinski definition) is 1. The number of hydrogen-bond acceptors (Lipinski definition) is 1. The molecule has 3 aliphatic rings. The predicted molar refractivity (Wildman–Crippen MR) is 72.9 cm³/mol. The Morgan fingerprint density at radius 2 is 1.76 bits per heavy atom. The molecule has 3 fully saturated rings. The van der Waals surface area contributed by atoms with Gasteiger partial charge in [0.15, 0.2) is 0 Å². The van der Waals surface area contributed by atoms with Crippen LogP contribution in [0.15, 0.2) is 0 Å². The van der Waals surface area contributed by atoms with E-state index in [-0.39, 0.29) is 0 Å². The van der Waals surface area contributed by atoms with Crippen LogP contribution in [0.25, 0.3) is 0 Å². The SMILES string of the molecule is CCCCCC(NCC)C1C2C3CCC(C3)C21. The van der Waals surface area contributed by atoms with E-state index in [0.717, 1.165) is 35.6 Å². The van der Waals surface area contributed by atoms with Gasteiger partial charge >= 0.3 is 0 Å². The molecule has 3 rings (SSSR count). The molecule has 1 heteroatoms. The van der Waals surface area contributed by atoms with E-state index in [4.69, 9.17) is 0 Å². The zero-order chi connectivity index (χ0) is 11.8. The zero-order valence-corrected chi connectivity index (χ0v) is 11.6. The molecular formula is C16H29N. The Morgan fingerprint density at radius 1 is 1.06 bits per heavy atom. The second-order valence-electron chi connectivity index (χ2n) is 6.73. The second kappa shape index (κ2) is 4.91. The van der Waals surface area contributed by atoms with E-state index < -0.39 is 0 Å². The van der Waals surface area contributed by atoms with Crippen molar-refractivity contribution in [3.05, 3.63) is 0 Å². The lowest BCUT2D eigenvalue weighted by molar-refractivity contribution is 0.345. The second-order valence-corrected chi connectivity index (χ2v) is 6.73. The summed E-state index contributed by atoms with van der Waals surface area (Å²) >= 11 is 0. The van der Waals surface area contributed by atoms with Gasteiger partial charge in [-0.1, -0.05) is 33.1 Å². The summed E-state index contributed by atoms with van der Waals surface area (Å²) in [6.07, 6.45) is 10.4. The number of unbranched alkanes of at least 4 members (excludes halogenated alkanes) is 2. The highest BCUT2D eigenvalue weighted by molar-refractivity contribution is 5.15. The first-order chi connectivity index (χ1) is 8.36. The third-order valence-corrected chi connectivity index (χ3v) is 5.84. The summed E-state index contributed by atoms with van der Waals surface area (Å²) in [5, 5.41) is 3.80. The van der Waals surface area contributed by atoms with E-state index in [1.807, 2.05) is 0 Å². The highest BCUT2D eigenvalue weighted by Crippen LogP contribution is 2.70. The lowest BCUT2D eigenvalue weighted by atomic mass is 9.94. The molecule has 17 heavy (non-hydrogen) atoms. The van der Waals surface area contributed by atoms with Crippen molar-refractivity contribution in [2.24, 2.45) is 29.6 Å². The number of nitrogens with one attached hydrogen (secondary N) is 1. The fourth-order valence-electron chi connectivity index (χ4n) is 5.24. The maximum Gasteiger partial charge on any atom is 0.0101 e. The highest BCUT2D eigenvalue weighted by Gasteiger charge is 2.66. The lowest BCUT2D eigenvalue weighted by Gasteiger charge is -2.21. The molecule has 0 radical (unpaired) electrons. The smallest absolute Gasteiger partial charge is 0.0101 e. The van der Waals surface area contributed by atoms with Gasteiger partial charge in [-0.15, -0.1) is 0 Å². The Bertz CT molecular complexity index is 246.